The minimum atomic E-state index is -0.279. The predicted molar refractivity (Wildman–Crippen MR) is 114 cm³/mol. The lowest BCUT2D eigenvalue weighted by Crippen LogP contribution is -2.38. The molecule has 0 saturated heterocycles. The molecule has 2 aromatic rings. The molecule has 0 heterocycles. The van der Waals surface area contributed by atoms with Crippen molar-refractivity contribution in [2.45, 2.75) is 20.4 Å². The van der Waals surface area contributed by atoms with Gasteiger partial charge in [-0.2, -0.15) is 0 Å². The van der Waals surface area contributed by atoms with Crippen LogP contribution >= 0.6 is 28.1 Å². The first-order chi connectivity index (χ1) is 12.9. The topological polar surface area (TPSA) is 59.6 Å². The van der Waals surface area contributed by atoms with Crippen molar-refractivity contribution < 1.29 is 14.3 Å². The molecule has 0 spiro atoms. The summed E-state index contributed by atoms with van der Waals surface area (Å²) < 4.78 is 11.5. The first-order valence-electron chi connectivity index (χ1n) is 8.53. The number of thiocarbonyl (C=S) groups is 1. The molecule has 2 rings (SSSR count). The second kappa shape index (κ2) is 10.3. The average Bonchev–Trinajstić information content (AvgIpc) is 2.65. The van der Waals surface area contributed by atoms with Gasteiger partial charge >= 0.3 is 0 Å². The van der Waals surface area contributed by atoms with Crippen molar-refractivity contribution in [2.75, 3.05) is 13.7 Å². The molecule has 0 aliphatic heterocycles. The number of amides is 1. The van der Waals surface area contributed by atoms with E-state index in [-0.39, 0.29) is 11.0 Å². The van der Waals surface area contributed by atoms with Crippen LogP contribution < -0.4 is 20.1 Å². The van der Waals surface area contributed by atoms with Gasteiger partial charge in [0.15, 0.2) is 5.11 Å². The summed E-state index contributed by atoms with van der Waals surface area (Å²) in [6, 6.07) is 12.8. The summed E-state index contributed by atoms with van der Waals surface area (Å²) in [4.78, 5) is 12.4. The number of halogens is 1. The van der Waals surface area contributed by atoms with Gasteiger partial charge in [0.05, 0.1) is 18.2 Å². The Hall–Kier alpha value is -2.12. The second-order valence-electron chi connectivity index (χ2n) is 6.33. The number of hydrogen-bond acceptors (Lipinski definition) is 4. The molecule has 0 saturated carbocycles. The van der Waals surface area contributed by atoms with E-state index in [2.05, 4.69) is 40.4 Å². The smallest absolute Gasteiger partial charge is 0.257 e. The maximum atomic E-state index is 12.4. The van der Waals surface area contributed by atoms with Crippen molar-refractivity contribution in [3.63, 3.8) is 0 Å². The van der Waals surface area contributed by atoms with Crippen LogP contribution in [0, 0.1) is 5.92 Å². The molecule has 144 valence electrons. The molecule has 2 N–H and O–H groups in total. The highest BCUT2D eigenvalue weighted by Gasteiger charge is 2.11. The van der Waals surface area contributed by atoms with E-state index in [0.29, 0.717) is 30.4 Å². The van der Waals surface area contributed by atoms with Crippen LogP contribution in [0.1, 0.15) is 29.8 Å². The maximum absolute atomic E-state index is 12.4. The van der Waals surface area contributed by atoms with Crippen molar-refractivity contribution in [1.82, 2.24) is 10.6 Å². The molecule has 5 nitrogen and oxygen atoms in total. The molecule has 2 aromatic carbocycles. The van der Waals surface area contributed by atoms with E-state index >= 15 is 0 Å². The zero-order valence-electron chi connectivity index (χ0n) is 15.5. The molecular formula is C20H23BrN2O3S. The number of nitrogens with one attached hydrogen (secondary N) is 2. The van der Waals surface area contributed by atoms with Crippen LogP contribution in [0.25, 0.3) is 0 Å². The van der Waals surface area contributed by atoms with Crippen LogP contribution in [0.4, 0.5) is 0 Å². The van der Waals surface area contributed by atoms with Crippen LogP contribution in [0.2, 0.25) is 0 Å². The van der Waals surface area contributed by atoms with E-state index in [1.54, 1.807) is 25.3 Å². The second-order valence-corrected chi connectivity index (χ2v) is 7.60. The average molecular weight is 451 g/mol. The van der Waals surface area contributed by atoms with Crippen molar-refractivity contribution in [3.05, 3.63) is 58.1 Å². The fourth-order valence-corrected chi connectivity index (χ4v) is 2.82. The summed E-state index contributed by atoms with van der Waals surface area (Å²) in [7, 11) is 1.62. The van der Waals surface area contributed by atoms with Gasteiger partial charge in [-0.25, -0.2) is 0 Å². The number of rotatable bonds is 7. The van der Waals surface area contributed by atoms with Crippen LogP contribution in [-0.4, -0.2) is 24.7 Å². The molecule has 0 aliphatic carbocycles. The number of carbonyl (C=O) groups excluding carboxylic acids is 1. The Labute approximate surface area is 173 Å². The lowest BCUT2D eigenvalue weighted by molar-refractivity contribution is 0.0976. The van der Waals surface area contributed by atoms with Gasteiger partial charge in [0.1, 0.15) is 11.5 Å². The van der Waals surface area contributed by atoms with E-state index in [1.807, 2.05) is 24.3 Å². The van der Waals surface area contributed by atoms with E-state index in [1.165, 1.54) is 0 Å². The molecule has 0 bridgehead atoms. The Bertz CT molecular complexity index is 794. The van der Waals surface area contributed by atoms with E-state index in [4.69, 9.17) is 21.7 Å². The number of ether oxygens (including phenoxy) is 2. The fraction of sp³-hybridized carbons (Fsp3) is 0.300. The van der Waals surface area contributed by atoms with Gasteiger partial charge in [0, 0.05) is 12.1 Å². The predicted octanol–water partition coefficient (Wildman–Crippen LogP) is 4.30. The van der Waals surface area contributed by atoms with Gasteiger partial charge in [-0.3, -0.25) is 10.1 Å². The normalized spacial score (nSPS) is 10.4. The third kappa shape index (κ3) is 6.84. The highest BCUT2D eigenvalue weighted by atomic mass is 79.9. The van der Waals surface area contributed by atoms with Crippen LogP contribution in [0.5, 0.6) is 11.5 Å². The first-order valence-corrected chi connectivity index (χ1v) is 9.73. The number of carbonyl (C=O) groups is 1. The Morgan fingerprint density at radius 3 is 2.48 bits per heavy atom. The third-order valence-corrected chi connectivity index (χ3v) is 4.47. The SMILES string of the molecule is COc1ccc(CNC(=S)NC(=O)c2ccc(OCC(C)C)c(Br)c2)cc1. The zero-order chi connectivity index (χ0) is 19.8. The van der Waals surface area contributed by atoms with Crippen molar-refractivity contribution in [1.29, 1.82) is 0 Å². The molecule has 1 amide bonds. The summed E-state index contributed by atoms with van der Waals surface area (Å²) in [5.74, 6) is 1.65. The molecule has 0 aromatic heterocycles. The number of benzene rings is 2. The Morgan fingerprint density at radius 1 is 1.19 bits per heavy atom. The van der Waals surface area contributed by atoms with Gasteiger partial charge in [0.2, 0.25) is 0 Å². The molecule has 0 radical (unpaired) electrons. The third-order valence-electron chi connectivity index (χ3n) is 3.61. The minimum absolute atomic E-state index is 0.270. The van der Waals surface area contributed by atoms with Gasteiger partial charge in [-0.1, -0.05) is 26.0 Å². The molecule has 27 heavy (non-hydrogen) atoms. The number of hydrogen-bond donors (Lipinski definition) is 2. The number of methoxy groups -OCH3 is 1. The lowest BCUT2D eigenvalue weighted by atomic mass is 10.2. The van der Waals surface area contributed by atoms with E-state index in [0.717, 1.165) is 15.8 Å². The summed E-state index contributed by atoms with van der Waals surface area (Å²) in [5, 5.41) is 5.97. The van der Waals surface area contributed by atoms with Gasteiger partial charge in [-0.05, 0) is 70.0 Å². The zero-order valence-corrected chi connectivity index (χ0v) is 17.9. The quantitative estimate of drug-likeness (QED) is 0.615. The Balaban J connectivity index is 1.87. The standard InChI is InChI=1S/C20H23BrN2O3S/c1-13(2)12-26-18-9-6-15(10-17(18)21)19(24)23-20(27)22-11-14-4-7-16(25-3)8-5-14/h4-10,13H,11-12H2,1-3H3,(H2,22,23,24,27). The molecule has 0 unspecified atom stereocenters. The van der Waals surface area contributed by atoms with Gasteiger partial charge < -0.3 is 14.8 Å². The van der Waals surface area contributed by atoms with Crippen molar-refractivity contribution in [2.24, 2.45) is 5.92 Å². The lowest BCUT2D eigenvalue weighted by Gasteiger charge is -2.12. The summed E-state index contributed by atoms with van der Waals surface area (Å²) in [6.07, 6.45) is 0. The fourth-order valence-electron chi connectivity index (χ4n) is 2.16. The van der Waals surface area contributed by atoms with Crippen molar-refractivity contribution in [3.8, 4) is 11.5 Å². The van der Waals surface area contributed by atoms with Crippen molar-refractivity contribution >= 4 is 39.2 Å². The minimum Gasteiger partial charge on any atom is -0.497 e. The molecule has 0 aliphatic rings. The van der Waals surface area contributed by atoms with E-state index < -0.39 is 0 Å². The summed E-state index contributed by atoms with van der Waals surface area (Å²) in [6.45, 7) is 5.28. The maximum Gasteiger partial charge on any atom is 0.257 e. The Kier molecular flexibility index (Phi) is 8.06. The van der Waals surface area contributed by atoms with E-state index in [9.17, 15) is 4.79 Å². The summed E-state index contributed by atoms with van der Waals surface area (Å²) in [5.41, 5.74) is 1.52. The molecule has 0 fully saturated rings. The van der Waals surface area contributed by atoms with Gasteiger partial charge in [0.25, 0.3) is 5.91 Å². The monoisotopic (exact) mass is 450 g/mol. The highest BCUT2D eigenvalue weighted by molar-refractivity contribution is 9.10. The first kappa shape index (κ1) is 21.2. The summed E-state index contributed by atoms with van der Waals surface area (Å²) >= 11 is 8.64. The van der Waals surface area contributed by atoms with Gasteiger partial charge in [-0.15, -0.1) is 0 Å². The largest absolute Gasteiger partial charge is 0.497 e. The van der Waals surface area contributed by atoms with Crippen LogP contribution in [0.15, 0.2) is 46.9 Å². The Morgan fingerprint density at radius 2 is 1.89 bits per heavy atom. The molecule has 0 atom stereocenters. The highest BCUT2D eigenvalue weighted by Crippen LogP contribution is 2.26. The van der Waals surface area contributed by atoms with Crippen LogP contribution in [0.3, 0.4) is 0 Å². The molecular weight excluding hydrogens is 428 g/mol. The molecule has 7 heteroatoms. The van der Waals surface area contributed by atoms with Crippen LogP contribution in [-0.2, 0) is 6.54 Å².